The molecule has 2 aromatic rings. The summed E-state index contributed by atoms with van der Waals surface area (Å²) in [5.41, 5.74) is 2.63. The maximum Gasteiger partial charge on any atom is 0.0553 e. The fourth-order valence-electron chi connectivity index (χ4n) is 2.23. The van der Waals surface area contributed by atoms with E-state index in [1.165, 1.54) is 21.2 Å². The van der Waals surface area contributed by atoms with Gasteiger partial charge < -0.3 is 4.90 Å². The van der Waals surface area contributed by atoms with Crippen LogP contribution in [0.4, 0.5) is 11.4 Å². The van der Waals surface area contributed by atoms with Gasteiger partial charge >= 0.3 is 0 Å². The Morgan fingerprint density at radius 3 is 2.00 bits per heavy atom. The van der Waals surface area contributed by atoms with Crippen LogP contribution in [0.15, 0.2) is 58.3 Å². The topological polar surface area (TPSA) is 3.24 Å². The summed E-state index contributed by atoms with van der Waals surface area (Å²) < 4.78 is 0. The lowest BCUT2D eigenvalue weighted by atomic mass is 10.2. The van der Waals surface area contributed by atoms with Crippen molar-refractivity contribution in [2.75, 3.05) is 11.4 Å². The minimum atomic E-state index is 0.460. The zero-order valence-electron chi connectivity index (χ0n) is 10.1. The Hall–Kier alpha value is -0.930. The Labute approximate surface area is 120 Å². The third-order valence-corrected chi connectivity index (χ3v) is 4.39. The van der Waals surface area contributed by atoms with E-state index < -0.39 is 0 Å². The molecule has 0 saturated heterocycles. The van der Waals surface area contributed by atoms with E-state index in [-0.39, 0.29) is 0 Å². The van der Waals surface area contributed by atoms with Crippen molar-refractivity contribution < 1.29 is 0 Å². The van der Waals surface area contributed by atoms with Crippen LogP contribution in [0.1, 0.15) is 6.92 Å². The van der Waals surface area contributed by atoms with Crippen LogP contribution >= 0.6 is 27.7 Å². The van der Waals surface area contributed by atoms with Gasteiger partial charge in [0.2, 0.25) is 0 Å². The molecule has 18 heavy (non-hydrogen) atoms. The molecule has 1 atom stereocenters. The summed E-state index contributed by atoms with van der Waals surface area (Å²) in [7, 11) is 0. The predicted octanol–water partition coefficient (Wildman–Crippen LogP) is 5.07. The van der Waals surface area contributed by atoms with E-state index in [2.05, 4.69) is 76.3 Å². The van der Waals surface area contributed by atoms with Gasteiger partial charge in [0.25, 0.3) is 0 Å². The predicted molar refractivity (Wildman–Crippen MR) is 82.4 cm³/mol. The highest BCUT2D eigenvalue weighted by atomic mass is 79.9. The van der Waals surface area contributed by atoms with Gasteiger partial charge in [-0.05, 0) is 24.3 Å². The highest BCUT2D eigenvalue weighted by Crippen LogP contribution is 2.47. The Morgan fingerprint density at radius 2 is 1.50 bits per heavy atom. The zero-order chi connectivity index (χ0) is 12.5. The van der Waals surface area contributed by atoms with Crippen molar-refractivity contribution >= 4 is 39.1 Å². The highest BCUT2D eigenvalue weighted by Gasteiger charge is 2.23. The van der Waals surface area contributed by atoms with Gasteiger partial charge in [0.1, 0.15) is 0 Å². The molecule has 0 aromatic heterocycles. The minimum absolute atomic E-state index is 0.460. The van der Waals surface area contributed by atoms with Crippen molar-refractivity contribution in [2.24, 2.45) is 0 Å². The molecule has 0 unspecified atom stereocenters. The van der Waals surface area contributed by atoms with Gasteiger partial charge in [-0.15, -0.1) is 0 Å². The molecule has 3 heteroatoms. The average molecular weight is 320 g/mol. The van der Waals surface area contributed by atoms with E-state index in [1.807, 2.05) is 11.8 Å². The first kappa shape index (κ1) is 12.1. The number of para-hydroxylation sites is 2. The molecule has 0 fully saturated rings. The standard InChI is InChI=1S/C15H14BrNS/c1-11(16)10-17-12-6-2-4-8-14(12)18-15-9-5-3-7-13(15)17/h2-9,11H,10H2,1H3/t11-/m0/s1. The van der Waals surface area contributed by atoms with Gasteiger partial charge in [-0.25, -0.2) is 0 Å². The van der Waals surface area contributed by atoms with E-state index in [1.54, 1.807) is 0 Å². The van der Waals surface area contributed by atoms with Crippen LogP contribution in [0, 0.1) is 0 Å². The third-order valence-electron chi connectivity index (χ3n) is 2.97. The molecule has 92 valence electrons. The second-order valence-electron chi connectivity index (χ2n) is 4.43. The van der Waals surface area contributed by atoms with Crippen LogP contribution in [-0.4, -0.2) is 11.4 Å². The molecule has 0 bridgehead atoms. The van der Waals surface area contributed by atoms with Crippen molar-refractivity contribution in [1.29, 1.82) is 0 Å². The van der Waals surface area contributed by atoms with Gasteiger partial charge in [0.05, 0.1) is 11.4 Å². The van der Waals surface area contributed by atoms with Gasteiger partial charge in [-0.3, -0.25) is 0 Å². The summed E-state index contributed by atoms with van der Waals surface area (Å²) in [6.45, 7) is 3.17. The molecule has 2 aromatic carbocycles. The molecule has 1 nitrogen and oxygen atoms in total. The van der Waals surface area contributed by atoms with Gasteiger partial charge in [-0.2, -0.15) is 0 Å². The fourth-order valence-corrected chi connectivity index (χ4v) is 3.61. The van der Waals surface area contributed by atoms with Crippen LogP contribution in [0.2, 0.25) is 0 Å². The summed E-state index contributed by atoms with van der Waals surface area (Å²) in [6, 6.07) is 17.2. The minimum Gasteiger partial charge on any atom is -0.339 e. The highest BCUT2D eigenvalue weighted by molar-refractivity contribution is 9.09. The Kier molecular flexibility index (Phi) is 3.35. The number of hydrogen-bond donors (Lipinski definition) is 0. The van der Waals surface area contributed by atoms with Crippen LogP contribution in [0.25, 0.3) is 0 Å². The number of halogens is 1. The first-order chi connectivity index (χ1) is 8.75. The number of hydrogen-bond acceptors (Lipinski definition) is 2. The van der Waals surface area contributed by atoms with E-state index in [4.69, 9.17) is 0 Å². The molecular weight excluding hydrogens is 306 g/mol. The second kappa shape index (κ2) is 4.98. The number of anilines is 2. The SMILES string of the molecule is C[C@H](Br)CN1c2ccccc2Sc2ccccc21. The molecular formula is C15H14BrNS. The molecule has 0 radical (unpaired) electrons. The van der Waals surface area contributed by atoms with E-state index in [0.29, 0.717) is 4.83 Å². The van der Waals surface area contributed by atoms with E-state index >= 15 is 0 Å². The van der Waals surface area contributed by atoms with Crippen LogP contribution in [-0.2, 0) is 0 Å². The van der Waals surface area contributed by atoms with Crippen molar-refractivity contribution in [1.82, 2.24) is 0 Å². The molecule has 1 aliphatic heterocycles. The molecule has 1 heterocycles. The van der Waals surface area contributed by atoms with Crippen molar-refractivity contribution in [2.45, 2.75) is 21.5 Å². The van der Waals surface area contributed by atoms with Gasteiger partial charge in [0.15, 0.2) is 0 Å². The third kappa shape index (κ3) is 2.17. The van der Waals surface area contributed by atoms with E-state index in [0.717, 1.165) is 6.54 Å². The van der Waals surface area contributed by atoms with Crippen molar-refractivity contribution in [3.63, 3.8) is 0 Å². The Balaban J connectivity index is 2.11. The summed E-state index contributed by atoms with van der Waals surface area (Å²) >= 11 is 5.52. The largest absolute Gasteiger partial charge is 0.339 e. The molecule has 3 rings (SSSR count). The number of fused-ring (bicyclic) bond motifs is 2. The Morgan fingerprint density at radius 1 is 1.00 bits per heavy atom. The molecule has 0 saturated carbocycles. The Bertz CT molecular complexity index is 522. The maximum absolute atomic E-state index is 3.67. The zero-order valence-corrected chi connectivity index (χ0v) is 12.5. The molecule has 0 aliphatic carbocycles. The maximum atomic E-state index is 3.67. The number of nitrogens with zero attached hydrogens (tertiary/aromatic N) is 1. The normalized spacial score (nSPS) is 14.9. The summed E-state index contributed by atoms with van der Waals surface area (Å²) in [4.78, 5) is 5.54. The van der Waals surface area contributed by atoms with Gasteiger partial charge in [-0.1, -0.05) is 58.9 Å². The quantitative estimate of drug-likeness (QED) is 0.711. The lowest BCUT2D eigenvalue weighted by molar-refractivity contribution is 0.891. The molecule has 0 spiro atoms. The molecule has 0 N–H and O–H groups in total. The molecule has 0 amide bonds. The summed E-state index contributed by atoms with van der Waals surface area (Å²) in [5.74, 6) is 0. The molecule has 1 aliphatic rings. The number of benzene rings is 2. The van der Waals surface area contributed by atoms with Gasteiger partial charge in [0, 0.05) is 21.2 Å². The first-order valence-corrected chi connectivity index (χ1v) is 7.76. The summed E-state index contributed by atoms with van der Waals surface area (Å²) in [5, 5.41) is 0. The van der Waals surface area contributed by atoms with Crippen LogP contribution in [0.3, 0.4) is 0 Å². The van der Waals surface area contributed by atoms with Crippen LogP contribution < -0.4 is 4.90 Å². The van der Waals surface area contributed by atoms with E-state index in [9.17, 15) is 0 Å². The monoisotopic (exact) mass is 319 g/mol. The lowest BCUT2D eigenvalue weighted by Gasteiger charge is -2.33. The lowest BCUT2D eigenvalue weighted by Crippen LogP contribution is -2.26. The average Bonchev–Trinajstić information content (AvgIpc) is 2.38. The van der Waals surface area contributed by atoms with Crippen molar-refractivity contribution in [3.8, 4) is 0 Å². The van der Waals surface area contributed by atoms with Crippen molar-refractivity contribution in [3.05, 3.63) is 48.5 Å². The summed E-state index contributed by atoms with van der Waals surface area (Å²) in [6.07, 6.45) is 0. The number of alkyl halides is 1. The number of rotatable bonds is 2. The van der Waals surface area contributed by atoms with Crippen LogP contribution in [0.5, 0.6) is 0 Å². The first-order valence-electron chi connectivity index (χ1n) is 6.03. The smallest absolute Gasteiger partial charge is 0.0553 e. The fraction of sp³-hybridized carbons (Fsp3) is 0.200. The second-order valence-corrected chi connectivity index (χ2v) is 7.08.